The van der Waals surface area contributed by atoms with Crippen LogP contribution in [0.15, 0.2) is 23.0 Å². The zero-order chi connectivity index (χ0) is 16.8. The van der Waals surface area contributed by atoms with E-state index >= 15 is 0 Å². The van der Waals surface area contributed by atoms with E-state index in [1.165, 1.54) is 23.1 Å². The average molecular weight is 325 g/mol. The standard InChI is InChI=1S/C15H14F3N3O2/c1-8-19-12-6-9(2-3-11(12)13(22)20-8)14(23)21-5-4-10(7-21)15(16,17)18/h2-3,6,10H,4-5,7H2,1H3,(H,19,20,22)/t10-/m0/s1. The summed E-state index contributed by atoms with van der Waals surface area (Å²) in [5, 5.41) is 0.335. The Balaban J connectivity index is 1.89. The molecule has 0 aliphatic carbocycles. The molecule has 1 atom stereocenters. The summed E-state index contributed by atoms with van der Waals surface area (Å²) in [5.74, 6) is -1.54. The Labute approximate surface area is 129 Å². The van der Waals surface area contributed by atoms with Crippen LogP contribution in [0.2, 0.25) is 0 Å². The molecule has 0 radical (unpaired) electrons. The molecule has 0 bridgehead atoms. The molecule has 1 aromatic carbocycles. The maximum Gasteiger partial charge on any atom is 0.393 e. The number of nitrogens with one attached hydrogen (secondary N) is 1. The minimum atomic E-state index is -4.29. The van der Waals surface area contributed by atoms with Gasteiger partial charge in [-0.3, -0.25) is 9.59 Å². The van der Waals surface area contributed by atoms with E-state index in [9.17, 15) is 22.8 Å². The van der Waals surface area contributed by atoms with Gasteiger partial charge in [0.25, 0.3) is 11.5 Å². The second-order valence-electron chi connectivity index (χ2n) is 5.66. The Morgan fingerprint density at radius 2 is 2.13 bits per heavy atom. The zero-order valence-corrected chi connectivity index (χ0v) is 12.3. The SMILES string of the molecule is Cc1nc2cc(C(=O)N3CC[C@H](C(F)(F)F)C3)ccc2c(=O)[nH]1. The fourth-order valence-corrected chi connectivity index (χ4v) is 2.78. The number of aromatic amines is 1. The topological polar surface area (TPSA) is 66.1 Å². The number of nitrogens with zero attached hydrogens (tertiary/aromatic N) is 2. The summed E-state index contributed by atoms with van der Waals surface area (Å²) in [6, 6.07) is 4.35. The quantitative estimate of drug-likeness (QED) is 0.874. The highest BCUT2D eigenvalue weighted by Gasteiger charge is 2.44. The molecule has 8 heteroatoms. The van der Waals surface area contributed by atoms with Gasteiger partial charge in [0.2, 0.25) is 0 Å². The van der Waals surface area contributed by atoms with Crippen molar-refractivity contribution in [1.29, 1.82) is 0 Å². The molecule has 1 amide bonds. The van der Waals surface area contributed by atoms with Gasteiger partial charge in [0.1, 0.15) is 5.82 Å². The average Bonchev–Trinajstić information content (AvgIpc) is 2.95. The molecule has 0 unspecified atom stereocenters. The van der Waals surface area contributed by atoms with Crippen molar-refractivity contribution in [3.63, 3.8) is 0 Å². The number of aromatic nitrogens is 2. The monoisotopic (exact) mass is 325 g/mol. The largest absolute Gasteiger partial charge is 0.393 e. The molecule has 1 aliphatic rings. The molecule has 0 spiro atoms. The Kier molecular flexibility index (Phi) is 3.62. The fourth-order valence-electron chi connectivity index (χ4n) is 2.78. The van der Waals surface area contributed by atoms with E-state index in [0.717, 1.165) is 0 Å². The van der Waals surface area contributed by atoms with Crippen molar-refractivity contribution in [1.82, 2.24) is 14.9 Å². The van der Waals surface area contributed by atoms with Crippen molar-refractivity contribution in [2.24, 2.45) is 5.92 Å². The molecule has 2 heterocycles. The number of carbonyl (C=O) groups is 1. The summed E-state index contributed by atoms with van der Waals surface area (Å²) >= 11 is 0. The predicted octanol–water partition coefficient (Wildman–Crippen LogP) is 2.26. The van der Waals surface area contributed by atoms with Crippen LogP contribution in [-0.2, 0) is 0 Å². The maximum atomic E-state index is 12.7. The van der Waals surface area contributed by atoms with Gasteiger partial charge >= 0.3 is 6.18 Å². The summed E-state index contributed by atoms with van der Waals surface area (Å²) in [4.78, 5) is 32.1. The summed E-state index contributed by atoms with van der Waals surface area (Å²) in [5.41, 5.74) is 0.270. The molecule has 23 heavy (non-hydrogen) atoms. The Morgan fingerprint density at radius 1 is 1.39 bits per heavy atom. The van der Waals surface area contributed by atoms with Crippen LogP contribution in [0.5, 0.6) is 0 Å². The van der Waals surface area contributed by atoms with Gasteiger partial charge in [0.15, 0.2) is 0 Å². The lowest BCUT2D eigenvalue weighted by atomic mass is 10.1. The summed E-state index contributed by atoms with van der Waals surface area (Å²) in [7, 11) is 0. The Bertz CT molecular complexity index is 829. The highest BCUT2D eigenvalue weighted by molar-refractivity contribution is 5.97. The molecule has 5 nitrogen and oxygen atoms in total. The third-order valence-electron chi connectivity index (χ3n) is 4.01. The summed E-state index contributed by atoms with van der Waals surface area (Å²) < 4.78 is 38.1. The van der Waals surface area contributed by atoms with Crippen molar-refractivity contribution in [3.8, 4) is 0 Å². The third-order valence-corrected chi connectivity index (χ3v) is 4.01. The fraction of sp³-hybridized carbons (Fsp3) is 0.400. The number of carbonyl (C=O) groups excluding carboxylic acids is 1. The number of hydrogen-bond acceptors (Lipinski definition) is 3. The molecule has 3 rings (SSSR count). The van der Waals surface area contributed by atoms with Crippen molar-refractivity contribution >= 4 is 16.8 Å². The van der Waals surface area contributed by atoms with Crippen molar-refractivity contribution < 1.29 is 18.0 Å². The predicted molar refractivity (Wildman–Crippen MR) is 77.2 cm³/mol. The summed E-state index contributed by atoms with van der Waals surface area (Å²) in [6.45, 7) is 1.36. The van der Waals surface area contributed by atoms with E-state index in [2.05, 4.69) is 9.97 Å². The number of aryl methyl sites for hydroxylation is 1. The number of halogens is 3. The van der Waals surface area contributed by atoms with Crippen LogP contribution in [0.1, 0.15) is 22.6 Å². The van der Waals surface area contributed by atoms with Gasteiger partial charge in [0.05, 0.1) is 16.8 Å². The van der Waals surface area contributed by atoms with Gasteiger partial charge in [-0.2, -0.15) is 13.2 Å². The normalized spacial score (nSPS) is 18.6. The molecule has 1 saturated heterocycles. The summed E-state index contributed by atoms with van der Waals surface area (Å²) in [6.07, 6.45) is -4.37. The van der Waals surface area contributed by atoms with Crippen LogP contribution < -0.4 is 5.56 Å². The van der Waals surface area contributed by atoms with Gasteiger partial charge < -0.3 is 9.88 Å². The van der Waals surface area contributed by atoms with Gasteiger partial charge in [0, 0.05) is 18.7 Å². The van der Waals surface area contributed by atoms with Gasteiger partial charge in [-0.25, -0.2) is 4.98 Å². The molecular weight excluding hydrogens is 311 g/mol. The molecule has 1 fully saturated rings. The minimum Gasteiger partial charge on any atom is -0.338 e. The first kappa shape index (κ1) is 15.5. The van der Waals surface area contributed by atoms with Crippen molar-refractivity contribution in [2.75, 3.05) is 13.1 Å². The molecule has 122 valence electrons. The first-order valence-electron chi connectivity index (χ1n) is 7.12. The number of H-pyrrole nitrogens is 1. The second kappa shape index (κ2) is 5.36. The third kappa shape index (κ3) is 2.93. The molecular formula is C15H14F3N3O2. The van der Waals surface area contributed by atoms with Crippen LogP contribution in [0, 0.1) is 12.8 Å². The lowest BCUT2D eigenvalue weighted by molar-refractivity contribution is -0.169. The molecule has 1 N–H and O–H groups in total. The van der Waals surface area contributed by atoms with Gasteiger partial charge in [-0.15, -0.1) is 0 Å². The van der Waals surface area contributed by atoms with Crippen molar-refractivity contribution in [3.05, 3.63) is 39.9 Å². The molecule has 1 aromatic heterocycles. The maximum absolute atomic E-state index is 12.7. The molecule has 2 aromatic rings. The lowest BCUT2D eigenvalue weighted by Gasteiger charge is -2.18. The number of alkyl halides is 3. The van der Waals surface area contributed by atoms with Crippen LogP contribution in [0.3, 0.4) is 0 Å². The Morgan fingerprint density at radius 3 is 2.78 bits per heavy atom. The minimum absolute atomic E-state index is 0.0723. The van der Waals surface area contributed by atoms with Crippen molar-refractivity contribution in [2.45, 2.75) is 19.5 Å². The lowest BCUT2D eigenvalue weighted by Crippen LogP contribution is -2.32. The Hall–Kier alpha value is -2.38. The van der Waals surface area contributed by atoms with Gasteiger partial charge in [-0.05, 0) is 31.5 Å². The van der Waals surface area contributed by atoms with E-state index in [-0.39, 0.29) is 30.6 Å². The van der Waals surface area contributed by atoms with Crippen LogP contribution in [0.25, 0.3) is 10.9 Å². The smallest absolute Gasteiger partial charge is 0.338 e. The van der Waals surface area contributed by atoms with E-state index in [1.54, 1.807) is 6.92 Å². The number of rotatable bonds is 1. The van der Waals surface area contributed by atoms with Crippen LogP contribution in [0.4, 0.5) is 13.2 Å². The zero-order valence-electron chi connectivity index (χ0n) is 12.3. The number of amides is 1. The molecule has 1 aliphatic heterocycles. The number of hydrogen-bond donors (Lipinski definition) is 1. The highest BCUT2D eigenvalue weighted by Crippen LogP contribution is 2.34. The van der Waals surface area contributed by atoms with Crippen LogP contribution >= 0.6 is 0 Å². The van der Waals surface area contributed by atoms with Crippen LogP contribution in [-0.4, -0.2) is 40.0 Å². The first-order valence-corrected chi connectivity index (χ1v) is 7.12. The van der Waals surface area contributed by atoms with E-state index in [0.29, 0.717) is 16.7 Å². The van der Waals surface area contributed by atoms with E-state index < -0.39 is 18.0 Å². The highest BCUT2D eigenvalue weighted by atomic mass is 19.4. The molecule has 0 saturated carbocycles. The second-order valence-corrected chi connectivity index (χ2v) is 5.66. The van der Waals surface area contributed by atoms with E-state index in [4.69, 9.17) is 0 Å². The van der Waals surface area contributed by atoms with E-state index in [1.807, 2.05) is 0 Å². The van der Waals surface area contributed by atoms with Gasteiger partial charge in [-0.1, -0.05) is 0 Å². The number of benzene rings is 1. The number of likely N-dealkylation sites (tertiary alicyclic amines) is 1. The first-order chi connectivity index (χ1) is 10.8. The number of fused-ring (bicyclic) bond motifs is 1.